The van der Waals surface area contributed by atoms with Gasteiger partial charge in [0.2, 0.25) is 0 Å². The lowest BCUT2D eigenvalue weighted by molar-refractivity contribution is 0.250. The maximum absolute atomic E-state index is 5.73. The van der Waals surface area contributed by atoms with E-state index in [0.29, 0.717) is 11.2 Å². The van der Waals surface area contributed by atoms with Crippen LogP contribution in [0.1, 0.15) is 40.5 Å². The maximum Gasteiger partial charge on any atom is 0.180 e. The van der Waals surface area contributed by atoms with E-state index in [9.17, 15) is 0 Å². The SMILES string of the molecule is Cc1cccc(C2CCCN2Cc2cnc(N)s2)c1C. The van der Waals surface area contributed by atoms with Crippen LogP contribution in [-0.2, 0) is 6.54 Å². The summed E-state index contributed by atoms with van der Waals surface area (Å²) in [5, 5.41) is 0.669. The van der Waals surface area contributed by atoms with Gasteiger partial charge >= 0.3 is 0 Å². The molecule has 1 aromatic carbocycles. The molecule has 1 aliphatic heterocycles. The molecule has 1 aliphatic rings. The summed E-state index contributed by atoms with van der Waals surface area (Å²) in [6.07, 6.45) is 4.43. The first kappa shape index (κ1) is 13.6. The van der Waals surface area contributed by atoms with Crippen LogP contribution in [0.5, 0.6) is 0 Å². The minimum atomic E-state index is 0.540. The standard InChI is InChI=1S/C16H21N3S/c1-11-5-3-6-14(12(11)2)15-7-4-8-19(15)10-13-9-18-16(17)20-13/h3,5-6,9,15H,4,7-8,10H2,1-2H3,(H2,17,18). The smallest absolute Gasteiger partial charge is 0.180 e. The van der Waals surface area contributed by atoms with Gasteiger partial charge in [-0.2, -0.15) is 0 Å². The Labute approximate surface area is 124 Å². The number of likely N-dealkylation sites (tertiary alicyclic amines) is 1. The number of nitrogens with zero attached hydrogens (tertiary/aromatic N) is 2. The highest BCUT2D eigenvalue weighted by Gasteiger charge is 2.27. The highest BCUT2D eigenvalue weighted by Crippen LogP contribution is 2.36. The number of aryl methyl sites for hydroxylation is 1. The number of hydrogen-bond acceptors (Lipinski definition) is 4. The quantitative estimate of drug-likeness (QED) is 0.936. The summed E-state index contributed by atoms with van der Waals surface area (Å²) in [6.45, 7) is 6.57. The van der Waals surface area contributed by atoms with Crippen LogP contribution < -0.4 is 5.73 Å². The van der Waals surface area contributed by atoms with E-state index in [-0.39, 0.29) is 0 Å². The molecule has 2 heterocycles. The number of hydrogen-bond donors (Lipinski definition) is 1. The van der Waals surface area contributed by atoms with Gasteiger partial charge in [-0.3, -0.25) is 4.90 Å². The van der Waals surface area contributed by atoms with E-state index in [4.69, 9.17) is 5.73 Å². The molecule has 1 aromatic heterocycles. The molecule has 0 bridgehead atoms. The Morgan fingerprint density at radius 3 is 3.00 bits per heavy atom. The van der Waals surface area contributed by atoms with Crippen molar-refractivity contribution in [3.63, 3.8) is 0 Å². The van der Waals surface area contributed by atoms with Gasteiger partial charge in [0.1, 0.15) is 0 Å². The van der Waals surface area contributed by atoms with Gasteiger partial charge in [-0.1, -0.05) is 18.2 Å². The first-order chi connectivity index (χ1) is 9.65. The average Bonchev–Trinajstić information content (AvgIpc) is 3.03. The van der Waals surface area contributed by atoms with Crippen LogP contribution in [-0.4, -0.2) is 16.4 Å². The predicted molar refractivity (Wildman–Crippen MR) is 84.8 cm³/mol. The summed E-state index contributed by atoms with van der Waals surface area (Å²) in [6, 6.07) is 7.20. The Kier molecular flexibility index (Phi) is 3.76. The Bertz CT molecular complexity index is 606. The van der Waals surface area contributed by atoms with Crippen molar-refractivity contribution in [2.75, 3.05) is 12.3 Å². The van der Waals surface area contributed by atoms with E-state index in [1.165, 1.54) is 34.4 Å². The van der Waals surface area contributed by atoms with Gasteiger partial charge in [-0.05, 0) is 49.9 Å². The van der Waals surface area contributed by atoms with Crippen LogP contribution in [0.2, 0.25) is 0 Å². The fourth-order valence-corrected chi connectivity index (χ4v) is 3.81. The number of rotatable bonds is 3. The zero-order valence-electron chi connectivity index (χ0n) is 12.1. The van der Waals surface area contributed by atoms with E-state index < -0.39 is 0 Å². The maximum atomic E-state index is 5.73. The van der Waals surface area contributed by atoms with Gasteiger partial charge in [0.05, 0.1) is 0 Å². The molecule has 0 aliphatic carbocycles. The second-order valence-corrected chi connectivity index (χ2v) is 6.73. The Hall–Kier alpha value is -1.39. The third-order valence-corrected chi connectivity index (χ3v) is 5.11. The second kappa shape index (κ2) is 5.54. The van der Waals surface area contributed by atoms with Crippen molar-refractivity contribution in [1.82, 2.24) is 9.88 Å². The van der Waals surface area contributed by atoms with E-state index in [1.807, 2.05) is 6.20 Å². The molecule has 0 spiro atoms. The first-order valence-corrected chi connectivity index (χ1v) is 7.97. The third kappa shape index (κ3) is 2.58. The van der Waals surface area contributed by atoms with Crippen molar-refractivity contribution >= 4 is 16.5 Å². The van der Waals surface area contributed by atoms with Gasteiger partial charge < -0.3 is 5.73 Å². The molecule has 4 heteroatoms. The van der Waals surface area contributed by atoms with Crippen molar-refractivity contribution in [2.45, 2.75) is 39.3 Å². The molecule has 0 amide bonds. The lowest BCUT2D eigenvalue weighted by Crippen LogP contribution is -2.23. The van der Waals surface area contributed by atoms with Crippen molar-refractivity contribution < 1.29 is 0 Å². The molecular weight excluding hydrogens is 266 g/mol. The van der Waals surface area contributed by atoms with Crippen LogP contribution >= 0.6 is 11.3 Å². The topological polar surface area (TPSA) is 42.2 Å². The molecule has 106 valence electrons. The van der Waals surface area contributed by atoms with E-state index >= 15 is 0 Å². The van der Waals surface area contributed by atoms with Gasteiger partial charge in [0.25, 0.3) is 0 Å². The fraction of sp³-hybridized carbons (Fsp3) is 0.438. The van der Waals surface area contributed by atoms with Crippen molar-refractivity contribution in [3.05, 3.63) is 46.0 Å². The van der Waals surface area contributed by atoms with E-state index in [1.54, 1.807) is 11.3 Å². The molecule has 0 saturated carbocycles. The van der Waals surface area contributed by atoms with Crippen molar-refractivity contribution in [1.29, 1.82) is 0 Å². The molecule has 1 unspecified atom stereocenters. The number of nitrogen functional groups attached to an aromatic ring is 1. The lowest BCUT2D eigenvalue weighted by Gasteiger charge is -2.26. The van der Waals surface area contributed by atoms with E-state index in [0.717, 1.165) is 13.1 Å². The zero-order valence-corrected chi connectivity index (χ0v) is 12.9. The van der Waals surface area contributed by atoms with Crippen molar-refractivity contribution in [3.8, 4) is 0 Å². The molecule has 0 radical (unpaired) electrons. The molecule has 2 N–H and O–H groups in total. The summed E-state index contributed by atoms with van der Waals surface area (Å²) in [5.41, 5.74) is 10.0. The molecule has 1 atom stereocenters. The Morgan fingerprint density at radius 1 is 1.40 bits per heavy atom. The fourth-order valence-electron chi connectivity index (χ4n) is 3.10. The van der Waals surface area contributed by atoms with Gasteiger partial charge in [-0.15, -0.1) is 11.3 Å². The monoisotopic (exact) mass is 287 g/mol. The molecule has 3 rings (SSSR count). The first-order valence-electron chi connectivity index (χ1n) is 7.15. The molecule has 2 aromatic rings. The lowest BCUT2D eigenvalue weighted by atomic mass is 9.96. The van der Waals surface area contributed by atoms with Crippen LogP contribution in [0.4, 0.5) is 5.13 Å². The zero-order chi connectivity index (χ0) is 14.1. The largest absolute Gasteiger partial charge is 0.375 e. The highest BCUT2D eigenvalue weighted by atomic mass is 32.1. The van der Waals surface area contributed by atoms with Gasteiger partial charge in [0, 0.05) is 23.7 Å². The molecule has 20 heavy (non-hydrogen) atoms. The Balaban J connectivity index is 1.83. The summed E-state index contributed by atoms with van der Waals surface area (Å²) >= 11 is 1.60. The minimum Gasteiger partial charge on any atom is -0.375 e. The summed E-state index contributed by atoms with van der Waals surface area (Å²) < 4.78 is 0. The van der Waals surface area contributed by atoms with Gasteiger partial charge in [0.15, 0.2) is 5.13 Å². The van der Waals surface area contributed by atoms with Crippen molar-refractivity contribution in [2.24, 2.45) is 0 Å². The number of nitrogens with two attached hydrogens (primary N) is 1. The number of anilines is 1. The number of aromatic nitrogens is 1. The second-order valence-electron chi connectivity index (χ2n) is 5.58. The molecule has 3 nitrogen and oxygen atoms in total. The molecule has 1 fully saturated rings. The van der Waals surface area contributed by atoms with Crippen LogP contribution in [0, 0.1) is 13.8 Å². The van der Waals surface area contributed by atoms with E-state index in [2.05, 4.69) is 41.9 Å². The Morgan fingerprint density at radius 2 is 2.25 bits per heavy atom. The summed E-state index contributed by atoms with van der Waals surface area (Å²) in [7, 11) is 0. The number of benzene rings is 1. The normalized spacial score (nSPS) is 19.6. The summed E-state index contributed by atoms with van der Waals surface area (Å²) in [4.78, 5) is 7.99. The highest BCUT2D eigenvalue weighted by molar-refractivity contribution is 7.15. The molecule has 1 saturated heterocycles. The third-order valence-electron chi connectivity index (χ3n) is 4.30. The average molecular weight is 287 g/mol. The van der Waals surface area contributed by atoms with Crippen LogP contribution in [0.15, 0.2) is 24.4 Å². The summed E-state index contributed by atoms with van der Waals surface area (Å²) in [5.74, 6) is 0. The number of thiazole rings is 1. The van der Waals surface area contributed by atoms with Crippen LogP contribution in [0.3, 0.4) is 0 Å². The minimum absolute atomic E-state index is 0.540. The van der Waals surface area contributed by atoms with Gasteiger partial charge in [-0.25, -0.2) is 4.98 Å². The molecular formula is C16H21N3S. The predicted octanol–water partition coefficient (Wildman–Crippen LogP) is 3.68. The van der Waals surface area contributed by atoms with Crippen LogP contribution in [0.25, 0.3) is 0 Å².